The first-order chi connectivity index (χ1) is 19.9. The fourth-order valence-corrected chi connectivity index (χ4v) is 5.36. The molecule has 12 nitrogen and oxygen atoms in total. The normalized spacial score (nSPS) is 14.6. The van der Waals surface area contributed by atoms with Crippen LogP contribution < -0.4 is 16.2 Å². The number of aryl methyl sites for hydroxylation is 1. The SMILES string of the molecule is COCCOc1nc(N)c2[nH]c(=O)n(CCC3CCN(CCCN(C)Cc4cccc(CC(=O)OC)c4)CC3)c2n1. The number of H-pyrrole nitrogens is 1. The highest BCUT2D eigenvalue weighted by molar-refractivity contribution is 5.81. The molecule has 0 atom stereocenters. The van der Waals surface area contributed by atoms with Crippen LogP contribution in [0.5, 0.6) is 6.01 Å². The number of esters is 1. The first-order valence-corrected chi connectivity index (χ1v) is 14.3. The molecule has 2 aromatic heterocycles. The van der Waals surface area contributed by atoms with Gasteiger partial charge in [-0.2, -0.15) is 9.97 Å². The molecule has 1 saturated heterocycles. The minimum atomic E-state index is -0.230. The second-order valence-electron chi connectivity index (χ2n) is 10.8. The maximum Gasteiger partial charge on any atom is 0.327 e. The fraction of sp³-hybridized carbons (Fsp3) is 0.586. The molecule has 0 radical (unpaired) electrons. The lowest BCUT2D eigenvalue weighted by atomic mass is 9.93. The van der Waals surface area contributed by atoms with Gasteiger partial charge in [0.2, 0.25) is 0 Å². The average molecular weight is 570 g/mol. The van der Waals surface area contributed by atoms with E-state index in [9.17, 15) is 9.59 Å². The fourth-order valence-electron chi connectivity index (χ4n) is 5.36. The number of hydrogen-bond donors (Lipinski definition) is 2. The van der Waals surface area contributed by atoms with Crippen molar-refractivity contribution < 1.29 is 19.0 Å². The summed E-state index contributed by atoms with van der Waals surface area (Å²) in [6, 6.07) is 8.29. The number of piperidine rings is 1. The number of anilines is 1. The summed E-state index contributed by atoms with van der Waals surface area (Å²) in [5, 5.41) is 0. The molecule has 1 aliphatic rings. The van der Waals surface area contributed by atoms with Crippen molar-refractivity contribution in [2.45, 2.75) is 45.2 Å². The summed E-state index contributed by atoms with van der Waals surface area (Å²) in [6.07, 6.45) is 4.54. The zero-order valence-corrected chi connectivity index (χ0v) is 24.4. The van der Waals surface area contributed by atoms with Crippen LogP contribution in [0.25, 0.3) is 11.2 Å². The van der Waals surface area contributed by atoms with Crippen LogP contribution in [0.2, 0.25) is 0 Å². The first-order valence-electron chi connectivity index (χ1n) is 14.3. The Kier molecular flexibility index (Phi) is 11.1. The van der Waals surface area contributed by atoms with E-state index in [2.05, 4.69) is 43.9 Å². The van der Waals surface area contributed by atoms with Gasteiger partial charge in [-0.05, 0) is 76.0 Å². The molecule has 12 heteroatoms. The largest absolute Gasteiger partial charge is 0.469 e. The van der Waals surface area contributed by atoms with Gasteiger partial charge in [-0.1, -0.05) is 24.3 Å². The third-order valence-corrected chi connectivity index (χ3v) is 7.65. The van der Waals surface area contributed by atoms with Crippen LogP contribution >= 0.6 is 0 Å². The van der Waals surface area contributed by atoms with Gasteiger partial charge >= 0.3 is 17.7 Å². The lowest BCUT2D eigenvalue weighted by Gasteiger charge is -2.32. The number of nitrogens with zero attached hydrogens (tertiary/aromatic N) is 5. The summed E-state index contributed by atoms with van der Waals surface area (Å²) in [4.78, 5) is 40.4. The number of nitrogen functional groups attached to an aromatic ring is 1. The Morgan fingerprint density at radius 1 is 1.15 bits per heavy atom. The molecular weight excluding hydrogens is 526 g/mol. The highest BCUT2D eigenvalue weighted by Crippen LogP contribution is 2.23. The molecular formula is C29H43N7O5. The first kappa shape index (κ1) is 30.5. The van der Waals surface area contributed by atoms with Crippen molar-refractivity contribution in [2.24, 2.45) is 5.92 Å². The molecule has 0 aliphatic carbocycles. The van der Waals surface area contributed by atoms with Crippen molar-refractivity contribution in [3.63, 3.8) is 0 Å². The number of aromatic amines is 1. The number of carbonyl (C=O) groups is 1. The van der Waals surface area contributed by atoms with Crippen molar-refractivity contribution in [1.82, 2.24) is 29.3 Å². The lowest BCUT2D eigenvalue weighted by Crippen LogP contribution is -2.36. The number of aromatic nitrogens is 4. The zero-order valence-electron chi connectivity index (χ0n) is 24.4. The Balaban J connectivity index is 1.19. The van der Waals surface area contributed by atoms with E-state index < -0.39 is 0 Å². The van der Waals surface area contributed by atoms with Crippen LogP contribution in [-0.2, 0) is 33.8 Å². The zero-order chi connectivity index (χ0) is 29.2. The Hall–Kier alpha value is -3.48. The highest BCUT2D eigenvalue weighted by atomic mass is 16.5. The molecule has 4 rings (SSSR count). The van der Waals surface area contributed by atoms with E-state index in [0.717, 1.165) is 64.0 Å². The van der Waals surface area contributed by atoms with Crippen molar-refractivity contribution in [2.75, 3.05) is 66.4 Å². The number of methoxy groups -OCH3 is 2. The number of ether oxygens (including phenoxy) is 3. The van der Waals surface area contributed by atoms with Crippen molar-refractivity contribution in [3.8, 4) is 6.01 Å². The van der Waals surface area contributed by atoms with Gasteiger partial charge in [-0.25, -0.2) is 4.79 Å². The van der Waals surface area contributed by atoms with Gasteiger partial charge in [-0.3, -0.25) is 9.36 Å². The van der Waals surface area contributed by atoms with Crippen LogP contribution in [0.1, 0.15) is 36.8 Å². The van der Waals surface area contributed by atoms with E-state index in [1.165, 1.54) is 12.7 Å². The lowest BCUT2D eigenvalue weighted by molar-refractivity contribution is -0.139. The maximum absolute atomic E-state index is 12.6. The number of carbonyl (C=O) groups excluding carboxylic acids is 1. The van der Waals surface area contributed by atoms with E-state index in [4.69, 9.17) is 19.9 Å². The van der Waals surface area contributed by atoms with Gasteiger partial charge in [0.05, 0.1) is 20.1 Å². The van der Waals surface area contributed by atoms with E-state index >= 15 is 0 Å². The molecule has 0 unspecified atom stereocenters. The number of nitrogens with one attached hydrogen (secondary N) is 1. The van der Waals surface area contributed by atoms with Crippen molar-refractivity contribution in [3.05, 3.63) is 45.9 Å². The summed E-state index contributed by atoms with van der Waals surface area (Å²) in [7, 11) is 5.15. The number of imidazole rings is 1. The maximum atomic E-state index is 12.6. The molecule has 1 aliphatic heterocycles. The number of likely N-dealkylation sites (tertiary alicyclic amines) is 1. The Morgan fingerprint density at radius 2 is 1.93 bits per heavy atom. The molecule has 3 N–H and O–H groups in total. The number of hydrogen-bond acceptors (Lipinski definition) is 10. The molecule has 3 heterocycles. The summed E-state index contributed by atoms with van der Waals surface area (Å²) >= 11 is 0. The van der Waals surface area contributed by atoms with Crippen LogP contribution in [0, 0.1) is 5.92 Å². The predicted molar refractivity (Wildman–Crippen MR) is 157 cm³/mol. The predicted octanol–water partition coefficient (Wildman–Crippen LogP) is 2.07. The van der Waals surface area contributed by atoms with Crippen LogP contribution in [0.4, 0.5) is 5.82 Å². The molecule has 224 valence electrons. The second-order valence-corrected chi connectivity index (χ2v) is 10.8. The second kappa shape index (κ2) is 14.9. The minimum absolute atomic E-state index is 0.144. The highest BCUT2D eigenvalue weighted by Gasteiger charge is 2.21. The third-order valence-electron chi connectivity index (χ3n) is 7.65. The number of rotatable bonds is 15. The summed E-state index contributed by atoms with van der Waals surface area (Å²) in [5.41, 5.74) is 8.93. The minimum Gasteiger partial charge on any atom is -0.469 e. The van der Waals surface area contributed by atoms with Gasteiger partial charge < -0.3 is 34.7 Å². The van der Waals surface area contributed by atoms with Gasteiger partial charge in [0, 0.05) is 20.2 Å². The standard InChI is InChI=1S/C29H43N7O5/c1-34(20-23-7-4-6-22(18-23)19-24(37)40-3)11-5-12-35-13-8-21(9-14-35)10-15-36-27-25(31-29(36)38)26(30)32-28(33-27)41-17-16-39-2/h4,6-7,18,21H,5,8-17,19-20H2,1-3H3,(H,31,38)(H2,30,32,33). The van der Waals surface area contributed by atoms with Crippen LogP contribution in [0.3, 0.4) is 0 Å². The van der Waals surface area contributed by atoms with E-state index in [0.29, 0.717) is 43.3 Å². The van der Waals surface area contributed by atoms with Crippen LogP contribution in [0.15, 0.2) is 29.1 Å². The Morgan fingerprint density at radius 3 is 2.68 bits per heavy atom. The number of fused-ring (bicyclic) bond motifs is 1. The molecule has 1 aromatic carbocycles. The average Bonchev–Trinajstić information content (AvgIpc) is 3.28. The molecule has 1 fully saturated rings. The van der Waals surface area contributed by atoms with Gasteiger partial charge in [0.25, 0.3) is 0 Å². The molecule has 0 saturated carbocycles. The third kappa shape index (κ3) is 8.75. The molecule has 0 spiro atoms. The van der Waals surface area contributed by atoms with E-state index in [1.54, 1.807) is 11.7 Å². The molecule has 0 bridgehead atoms. The molecule has 0 amide bonds. The monoisotopic (exact) mass is 569 g/mol. The summed E-state index contributed by atoms with van der Waals surface area (Å²) < 4.78 is 16.9. The number of benzene rings is 1. The van der Waals surface area contributed by atoms with Crippen molar-refractivity contribution in [1.29, 1.82) is 0 Å². The van der Waals surface area contributed by atoms with Gasteiger partial charge in [-0.15, -0.1) is 0 Å². The quantitative estimate of drug-likeness (QED) is 0.206. The Labute approximate surface area is 240 Å². The summed E-state index contributed by atoms with van der Waals surface area (Å²) in [5.74, 6) is 0.535. The topological polar surface area (TPSA) is 141 Å². The van der Waals surface area contributed by atoms with Crippen LogP contribution in [-0.4, -0.2) is 95.9 Å². The number of nitrogens with two attached hydrogens (primary N) is 1. The smallest absolute Gasteiger partial charge is 0.327 e. The van der Waals surface area contributed by atoms with Gasteiger partial charge in [0.15, 0.2) is 11.5 Å². The molecule has 41 heavy (non-hydrogen) atoms. The Bertz CT molecular complexity index is 1330. The molecule has 3 aromatic rings. The van der Waals surface area contributed by atoms with E-state index in [1.807, 2.05) is 12.1 Å². The van der Waals surface area contributed by atoms with Crippen molar-refractivity contribution >= 4 is 23.0 Å². The van der Waals surface area contributed by atoms with E-state index in [-0.39, 0.29) is 23.5 Å². The van der Waals surface area contributed by atoms with Gasteiger partial charge in [0.1, 0.15) is 12.1 Å². The summed E-state index contributed by atoms with van der Waals surface area (Å²) in [6.45, 7) is 6.35.